The summed E-state index contributed by atoms with van der Waals surface area (Å²) in [5.41, 5.74) is 5.50. The smallest absolute Gasteiger partial charge is 0.0454 e. The van der Waals surface area contributed by atoms with Crippen LogP contribution in [-0.2, 0) is 6.54 Å². The highest BCUT2D eigenvalue weighted by Gasteiger charge is 2.21. The topological polar surface area (TPSA) is 27.8 Å². The van der Waals surface area contributed by atoms with Crippen molar-refractivity contribution in [3.63, 3.8) is 0 Å². The van der Waals surface area contributed by atoms with Gasteiger partial charge in [0.25, 0.3) is 0 Å². The molecule has 0 radical (unpaired) electrons. The third-order valence-electron chi connectivity index (χ3n) is 4.07. The molecule has 4 rings (SSSR count). The van der Waals surface area contributed by atoms with Crippen molar-refractivity contribution < 1.29 is 0 Å². The van der Waals surface area contributed by atoms with E-state index in [0.717, 1.165) is 13.1 Å². The second kappa shape index (κ2) is 4.25. The molecule has 0 amide bonds. The maximum absolute atomic E-state index is 3.52. The Hall–Kier alpha value is -2.06. The van der Waals surface area contributed by atoms with Crippen LogP contribution >= 0.6 is 0 Å². The Kier molecular flexibility index (Phi) is 2.42. The highest BCUT2D eigenvalue weighted by atomic mass is 14.9. The zero-order valence-corrected chi connectivity index (χ0v) is 10.7. The Morgan fingerprint density at radius 3 is 2.95 bits per heavy atom. The average molecular weight is 248 g/mol. The SMILES string of the molecule is c1ccc2c(c1)CNC[C@H]2c1ccc2[nH]ccc2c1. The predicted octanol–water partition coefficient (Wildman–Crippen LogP) is 3.40. The van der Waals surface area contributed by atoms with Gasteiger partial charge in [0, 0.05) is 30.7 Å². The van der Waals surface area contributed by atoms with E-state index in [-0.39, 0.29) is 0 Å². The third kappa shape index (κ3) is 1.76. The fourth-order valence-corrected chi connectivity index (χ4v) is 3.08. The van der Waals surface area contributed by atoms with Crippen LogP contribution in [-0.4, -0.2) is 11.5 Å². The highest BCUT2D eigenvalue weighted by molar-refractivity contribution is 5.80. The molecule has 0 bridgehead atoms. The molecular formula is C17H16N2. The monoisotopic (exact) mass is 248 g/mol. The van der Waals surface area contributed by atoms with Crippen LogP contribution in [0.2, 0.25) is 0 Å². The van der Waals surface area contributed by atoms with E-state index in [1.807, 2.05) is 6.20 Å². The molecule has 2 nitrogen and oxygen atoms in total. The summed E-state index contributed by atoms with van der Waals surface area (Å²) < 4.78 is 0. The van der Waals surface area contributed by atoms with Crippen molar-refractivity contribution in [1.29, 1.82) is 0 Å². The Morgan fingerprint density at radius 2 is 1.95 bits per heavy atom. The number of aromatic amines is 1. The first-order valence-electron chi connectivity index (χ1n) is 6.77. The summed E-state index contributed by atoms with van der Waals surface area (Å²) in [4.78, 5) is 3.25. The lowest BCUT2D eigenvalue weighted by molar-refractivity contribution is 0.592. The lowest BCUT2D eigenvalue weighted by Gasteiger charge is -2.26. The summed E-state index contributed by atoms with van der Waals surface area (Å²) >= 11 is 0. The van der Waals surface area contributed by atoms with Crippen LogP contribution in [0.5, 0.6) is 0 Å². The molecule has 2 heterocycles. The quantitative estimate of drug-likeness (QED) is 0.678. The Morgan fingerprint density at radius 1 is 1.00 bits per heavy atom. The van der Waals surface area contributed by atoms with Gasteiger partial charge in [-0.05, 0) is 40.3 Å². The van der Waals surface area contributed by atoms with Crippen molar-refractivity contribution in [2.45, 2.75) is 12.5 Å². The van der Waals surface area contributed by atoms with Crippen LogP contribution in [0, 0.1) is 0 Å². The van der Waals surface area contributed by atoms with Gasteiger partial charge in [-0.15, -0.1) is 0 Å². The van der Waals surface area contributed by atoms with Gasteiger partial charge in [0.05, 0.1) is 0 Å². The van der Waals surface area contributed by atoms with Gasteiger partial charge in [-0.25, -0.2) is 0 Å². The van der Waals surface area contributed by atoms with Gasteiger partial charge in [0.1, 0.15) is 0 Å². The first-order valence-corrected chi connectivity index (χ1v) is 6.77. The third-order valence-corrected chi connectivity index (χ3v) is 4.07. The first-order chi connectivity index (χ1) is 9.42. The van der Waals surface area contributed by atoms with E-state index in [0.29, 0.717) is 5.92 Å². The van der Waals surface area contributed by atoms with E-state index in [4.69, 9.17) is 0 Å². The van der Waals surface area contributed by atoms with Crippen molar-refractivity contribution in [2.24, 2.45) is 0 Å². The van der Waals surface area contributed by atoms with E-state index < -0.39 is 0 Å². The first kappa shape index (κ1) is 10.8. The van der Waals surface area contributed by atoms with Crippen LogP contribution in [0.25, 0.3) is 10.9 Å². The van der Waals surface area contributed by atoms with Crippen LogP contribution < -0.4 is 5.32 Å². The molecule has 0 unspecified atom stereocenters. The molecular weight excluding hydrogens is 232 g/mol. The molecule has 3 aromatic rings. The number of hydrogen-bond donors (Lipinski definition) is 2. The maximum Gasteiger partial charge on any atom is 0.0454 e. The molecule has 2 heteroatoms. The lowest BCUT2D eigenvalue weighted by atomic mass is 9.85. The van der Waals surface area contributed by atoms with Gasteiger partial charge >= 0.3 is 0 Å². The Balaban J connectivity index is 1.84. The minimum Gasteiger partial charge on any atom is -0.361 e. The summed E-state index contributed by atoms with van der Waals surface area (Å²) in [5.74, 6) is 0.462. The minimum atomic E-state index is 0.462. The zero-order valence-electron chi connectivity index (χ0n) is 10.7. The number of rotatable bonds is 1. The molecule has 0 spiro atoms. The van der Waals surface area contributed by atoms with Gasteiger partial charge in [-0.2, -0.15) is 0 Å². The van der Waals surface area contributed by atoms with Gasteiger partial charge < -0.3 is 10.3 Å². The van der Waals surface area contributed by atoms with Crippen molar-refractivity contribution in [1.82, 2.24) is 10.3 Å². The largest absolute Gasteiger partial charge is 0.361 e. The molecule has 0 saturated carbocycles. The second-order valence-electron chi connectivity index (χ2n) is 5.21. The lowest BCUT2D eigenvalue weighted by Crippen LogP contribution is -2.28. The second-order valence-corrected chi connectivity index (χ2v) is 5.21. The van der Waals surface area contributed by atoms with Crippen LogP contribution in [0.3, 0.4) is 0 Å². The van der Waals surface area contributed by atoms with Crippen molar-refractivity contribution in [3.8, 4) is 0 Å². The Bertz CT molecular complexity index is 727. The molecule has 2 N–H and O–H groups in total. The predicted molar refractivity (Wildman–Crippen MR) is 78.3 cm³/mol. The summed E-state index contributed by atoms with van der Waals surface area (Å²) in [6, 6.07) is 17.6. The summed E-state index contributed by atoms with van der Waals surface area (Å²) in [6.07, 6.45) is 2.00. The van der Waals surface area contributed by atoms with Crippen LogP contribution in [0.4, 0.5) is 0 Å². The number of hydrogen-bond acceptors (Lipinski definition) is 1. The average Bonchev–Trinajstić information content (AvgIpc) is 2.94. The highest BCUT2D eigenvalue weighted by Crippen LogP contribution is 2.31. The van der Waals surface area contributed by atoms with Crippen molar-refractivity contribution >= 4 is 10.9 Å². The standard InChI is InChI=1S/C17H16N2/c1-2-4-15-14(3-1)10-18-11-16(15)12-5-6-17-13(9-12)7-8-19-17/h1-9,16,18-19H,10-11H2/t16-/m0/s1. The molecule has 1 aliphatic rings. The number of aromatic nitrogens is 1. The van der Waals surface area contributed by atoms with Gasteiger partial charge in [0.2, 0.25) is 0 Å². The van der Waals surface area contributed by atoms with Gasteiger partial charge in [-0.1, -0.05) is 30.3 Å². The summed E-state index contributed by atoms with van der Waals surface area (Å²) in [6.45, 7) is 2.01. The van der Waals surface area contributed by atoms with Crippen molar-refractivity contribution in [3.05, 3.63) is 71.4 Å². The van der Waals surface area contributed by atoms with Crippen LogP contribution in [0.1, 0.15) is 22.6 Å². The molecule has 19 heavy (non-hydrogen) atoms. The van der Waals surface area contributed by atoms with E-state index in [9.17, 15) is 0 Å². The Labute approximate surface area is 112 Å². The summed E-state index contributed by atoms with van der Waals surface area (Å²) in [5, 5.41) is 4.82. The number of benzene rings is 2. The van der Waals surface area contributed by atoms with Crippen LogP contribution in [0.15, 0.2) is 54.7 Å². The molecule has 1 atom stereocenters. The van der Waals surface area contributed by atoms with E-state index in [1.165, 1.54) is 27.6 Å². The molecule has 94 valence electrons. The number of fused-ring (bicyclic) bond motifs is 2. The molecule has 2 aromatic carbocycles. The fourth-order valence-electron chi connectivity index (χ4n) is 3.08. The number of H-pyrrole nitrogens is 1. The fraction of sp³-hybridized carbons (Fsp3) is 0.176. The molecule has 0 fully saturated rings. The van der Waals surface area contributed by atoms with Gasteiger partial charge in [0.15, 0.2) is 0 Å². The minimum absolute atomic E-state index is 0.462. The summed E-state index contributed by atoms with van der Waals surface area (Å²) in [7, 11) is 0. The zero-order chi connectivity index (χ0) is 12.7. The van der Waals surface area contributed by atoms with E-state index >= 15 is 0 Å². The molecule has 1 aliphatic heterocycles. The molecule has 0 saturated heterocycles. The normalized spacial score (nSPS) is 18.4. The van der Waals surface area contributed by atoms with Gasteiger partial charge in [-0.3, -0.25) is 0 Å². The van der Waals surface area contributed by atoms with E-state index in [2.05, 4.69) is 58.8 Å². The molecule has 1 aromatic heterocycles. The maximum atomic E-state index is 3.52. The molecule has 0 aliphatic carbocycles. The number of nitrogens with one attached hydrogen (secondary N) is 2. The van der Waals surface area contributed by atoms with E-state index in [1.54, 1.807) is 0 Å². The van der Waals surface area contributed by atoms with Crippen molar-refractivity contribution in [2.75, 3.05) is 6.54 Å².